The normalized spacial score (nSPS) is 11.8. The second kappa shape index (κ2) is 10.1. The van der Waals surface area contributed by atoms with E-state index in [-0.39, 0.29) is 17.4 Å². The predicted molar refractivity (Wildman–Crippen MR) is 101 cm³/mol. The van der Waals surface area contributed by atoms with Gasteiger partial charge in [-0.05, 0) is 55.3 Å². The molecule has 146 valence electrons. The van der Waals surface area contributed by atoms with Crippen LogP contribution in [0.2, 0.25) is 0 Å². The Bertz CT molecular complexity index is 756. The summed E-state index contributed by atoms with van der Waals surface area (Å²) in [4.78, 5) is 12.1. The lowest BCUT2D eigenvalue weighted by atomic mass is 10.1. The molecule has 0 bridgehead atoms. The standard InChI is InChI=1S/C19H20BrF2NO4/c1-12(26-15-6-4-14(20)5-7-15)18(24)23-10-9-13-3-8-16(25-2)17(11-13)27-19(21)22/h3-8,11-12,19H,9-10H2,1-2H3,(H,23,24). The van der Waals surface area contributed by atoms with Crippen LogP contribution < -0.4 is 19.5 Å². The van der Waals surface area contributed by atoms with Gasteiger partial charge in [0.15, 0.2) is 17.6 Å². The van der Waals surface area contributed by atoms with Crippen LogP contribution >= 0.6 is 15.9 Å². The number of halogens is 3. The van der Waals surface area contributed by atoms with Crippen molar-refractivity contribution in [1.29, 1.82) is 0 Å². The SMILES string of the molecule is COc1ccc(CCNC(=O)C(C)Oc2ccc(Br)cc2)cc1OC(F)F. The Balaban J connectivity index is 1.85. The molecule has 2 aromatic carbocycles. The summed E-state index contributed by atoms with van der Waals surface area (Å²) in [7, 11) is 1.38. The molecule has 0 radical (unpaired) electrons. The zero-order valence-corrected chi connectivity index (χ0v) is 16.5. The lowest BCUT2D eigenvalue weighted by molar-refractivity contribution is -0.127. The lowest BCUT2D eigenvalue weighted by Gasteiger charge is -2.15. The van der Waals surface area contributed by atoms with E-state index < -0.39 is 12.7 Å². The van der Waals surface area contributed by atoms with E-state index in [4.69, 9.17) is 9.47 Å². The topological polar surface area (TPSA) is 56.8 Å². The number of hydrogen-bond donors (Lipinski definition) is 1. The van der Waals surface area contributed by atoms with Crippen molar-refractivity contribution in [3.05, 3.63) is 52.5 Å². The summed E-state index contributed by atoms with van der Waals surface area (Å²) in [6.45, 7) is -0.961. The van der Waals surface area contributed by atoms with E-state index in [1.54, 1.807) is 31.2 Å². The smallest absolute Gasteiger partial charge is 0.387 e. The van der Waals surface area contributed by atoms with Crippen LogP contribution in [0.3, 0.4) is 0 Å². The highest BCUT2D eigenvalue weighted by molar-refractivity contribution is 9.10. The number of carbonyl (C=O) groups is 1. The fraction of sp³-hybridized carbons (Fsp3) is 0.316. The van der Waals surface area contributed by atoms with Crippen molar-refractivity contribution in [2.75, 3.05) is 13.7 Å². The predicted octanol–water partition coefficient (Wildman–Crippen LogP) is 4.19. The summed E-state index contributed by atoms with van der Waals surface area (Å²) in [6, 6.07) is 11.9. The molecular weight excluding hydrogens is 424 g/mol. The molecule has 1 atom stereocenters. The molecular formula is C19H20BrF2NO4. The molecule has 1 amide bonds. The van der Waals surface area contributed by atoms with Crippen molar-refractivity contribution < 1.29 is 27.8 Å². The first-order valence-corrected chi connectivity index (χ1v) is 9.00. The minimum Gasteiger partial charge on any atom is -0.493 e. The van der Waals surface area contributed by atoms with E-state index in [1.807, 2.05) is 12.1 Å². The Hall–Kier alpha value is -2.35. The van der Waals surface area contributed by atoms with Gasteiger partial charge in [0.2, 0.25) is 0 Å². The molecule has 0 saturated carbocycles. The molecule has 0 fully saturated rings. The summed E-state index contributed by atoms with van der Waals surface area (Å²) >= 11 is 3.33. The van der Waals surface area contributed by atoms with Crippen LogP contribution in [-0.4, -0.2) is 32.3 Å². The Morgan fingerprint density at radius 3 is 2.44 bits per heavy atom. The summed E-state index contributed by atoms with van der Waals surface area (Å²) in [5.41, 5.74) is 0.730. The van der Waals surface area contributed by atoms with E-state index in [0.29, 0.717) is 18.7 Å². The molecule has 2 rings (SSSR count). The number of nitrogens with one attached hydrogen (secondary N) is 1. The monoisotopic (exact) mass is 443 g/mol. The van der Waals surface area contributed by atoms with Crippen LogP contribution in [0.4, 0.5) is 8.78 Å². The van der Waals surface area contributed by atoms with Gasteiger partial charge in [-0.25, -0.2) is 0 Å². The average Bonchev–Trinajstić information content (AvgIpc) is 2.63. The molecule has 0 aliphatic heterocycles. The first kappa shape index (κ1) is 21.0. The number of alkyl halides is 2. The van der Waals surface area contributed by atoms with Gasteiger partial charge in [-0.3, -0.25) is 4.79 Å². The van der Waals surface area contributed by atoms with E-state index in [1.165, 1.54) is 13.2 Å². The minimum absolute atomic E-state index is 0.0386. The summed E-state index contributed by atoms with van der Waals surface area (Å²) < 4.78 is 40.9. The maximum atomic E-state index is 12.5. The van der Waals surface area contributed by atoms with Gasteiger partial charge in [-0.1, -0.05) is 22.0 Å². The molecule has 8 heteroatoms. The lowest BCUT2D eigenvalue weighted by Crippen LogP contribution is -2.37. The third-order valence-corrected chi connectivity index (χ3v) is 4.18. The summed E-state index contributed by atoms with van der Waals surface area (Å²) in [5, 5.41) is 2.76. The summed E-state index contributed by atoms with van der Waals surface area (Å²) in [6.07, 6.45) is -0.222. The van der Waals surface area contributed by atoms with Crippen LogP contribution in [0.25, 0.3) is 0 Å². The van der Waals surface area contributed by atoms with Gasteiger partial charge in [-0.15, -0.1) is 0 Å². The van der Waals surface area contributed by atoms with Gasteiger partial charge >= 0.3 is 6.61 Å². The van der Waals surface area contributed by atoms with E-state index >= 15 is 0 Å². The first-order valence-electron chi connectivity index (χ1n) is 8.20. The van der Waals surface area contributed by atoms with Gasteiger partial charge in [0, 0.05) is 11.0 Å². The van der Waals surface area contributed by atoms with E-state index in [2.05, 4.69) is 26.0 Å². The van der Waals surface area contributed by atoms with E-state index in [0.717, 1.165) is 10.0 Å². The second-order valence-electron chi connectivity index (χ2n) is 5.62. The highest BCUT2D eigenvalue weighted by Gasteiger charge is 2.15. The largest absolute Gasteiger partial charge is 0.493 e. The summed E-state index contributed by atoms with van der Waals surface area (Å²) in [5.74, 6) is 0.503. The zero-order valence-electron chi connectivity index (χ0n) is 14.9. The minimum atomic E-state index is -2.94. The Morgan fingerprint density at radius 1 is 1.11 bits per heavy atom. The molecule has 0 aromatic heterocycles. The zero-order chi connectivity index (χ0) is 19.8. The van der Waals surface area contributed by atoms with Gasteiger partial charge in [0.05, 0.1) is 7.11 Å². The number of amides is 1. The van der Waals surface area contributed by atoms with E-state index in [9.17, 15) is 13.6 Å². The molecule has 1 unspecified atom stereocenters. The highest BCUT2D eigenvalue weighted by Crippen LogP contribution is 2.29. The van der Waals surface area contributed by atoms with Crippen molar-refractivity contribution in [3.63, 3.8) is 0 Å². The Labute approximate surface area is 164 Å². The van der Waals surface area contributed by atoms with Crippen LogP contribution in [0.15, 0.2) is 46.9 Å². The fourth-order valence-corrected chi connectivity index (χ4v) is 2.57. The molecule has 0 aliphatic rings. The fourth-order valence-electron chi connectivity index (χ4n) is 2.31. The quantitative estimate of drug-likeness (QED) is 0.631. The second-order valence-corrected chi connectivity index (χ2v) is 6.53. The van der Waals surface area contributed by atoms with Crippen LogP contribution in [-0.2, 0) is 11.2 Å². The molecule has 27 heavy (non-hydrogen) atoms. The average molecular weight is 444 g/mol. The first-order chi connectivity index (χ1) is 12.9. The van der Waals surface area contributed by atoms with Crippen molar-refractivity contribution in [1.82, 2.24) is 5.32 Å². The molecule has 0 heterocycles. The molecule has 0 spiro atoms. The molecule has 0 saturated heterocycles. The van der Waals surface area contributed by atoms with Crippen molar-refractivity contribution in [3.8, 4) is 17.2 Å². The van der Waals surface area contributed by atoms with Crippen LogP contribution in [0.1, 0.15) is 12.5 Å². The maximum absolute atomic E-state index is 12.5. The molecule has 5 nitrogen and oxygen atoms in total. The third-order valence-electron chi connectivity index (χ3n) is 3.65. The van der Waals surface area contributed by atoms with Crippen molar-refractivity contribution in [2.45, 2.75) is 26.1 Å². The number of methoxy groups -OCH3 is 1. The third kappa shape index (κ3) is 6.71. The number of benzene rings is 2. The number of rotatable bonds is 9. The maximum Gasteiger partial charge on any atom is 0.387 e. The van der Waals surface area contributed by atoms with Crippen LogP contribution in [0.5, 0.6) is 17.2 Å². The van der Waals surface area contributed by atoms with Crippen molar-refractivity contribution >= 4 is 21.8 Å². The van der Waals surface area contributed by atoms with Gasteiger partial charge < -0.3 is 19.5 Å². The van der Waals surface area contributed by atoms with Gasteiger partial charge in [-0.2, -0.15) is 8.78 Å². The van der Waals surface area contributed by atoms with Crippen LogP contribution in [0, 0.1) is 0 Å². The molecule has 0 aliphatic carbocycles. The number of ether oxygens (including phenoxy) is 3. The number of carbonyl (C=O) groups excluding carboxylic acids is 1. The highest BCUT2D eigenvalue weighted by atomic mass is 79.9. The molecule has 2 aromatic rings. The molecule has 1 N–H and O–H groups in total. The van der Waals surface area contributed by atoms with Gasteiger partial charge in [0.25, 0.3) is 5.91 Å². The Morgan fingerprint density at radius 2 is 1.81 bits per heavy atom. The van der Waals surface area contributed by atoms with Gasteiger partial charge in [0.1, 0.15) is 5.75 Å². The Kier molecular flexibility index (Phi) is 7.84. The number of hydrogen-bond acceptors (Lipinski definition) is 4. The van der Waals surface area contributed by atoms with Crippen molar-refractivity contribution in [2.24, 2.45) is 0 Å².